The van der Waals surface area contributed by atoms with Gasteiger partial charge in [-0.25, -0.2) is 12.8 Å². The highest BCUT2D eigenvalue weighted by atomic mass is 32.2. The van der Waals surface area contributed by atoms with Crippen molar-refractivity contribution in [2.24, 2.45) is 0 Å². The second-order valence-electron chi connectivity index (χ2n) is 4.92. The maximum Gasteiger partial charge on any atom is 0.243 e. The van der Waals surface area contributed by atoms with Gasteiger partial charge in [0, 0.05) is 12.1 Å². The molecule has 2 atom stereocenters. The predicted molar refractivity (Wildman–Crippen MR) is 68.2 cm³/mol. The minimum Gasteiger partial charge on any atom is -0.207 e. The molecule has 0 radical (unpaired) electrons. The number of hydrogen-bond acceptors (Lipinski definition) is 2. The second-order valence-corrected chi connectivity index (χ2v) is 6.76. The van der Waals surface area contributed by atoms with Gasteiger partial charge in [-0.2, -0.15) is 4.31 Å². The van der Waals surface area contributed by atoms with E-state index in [1.165, 1.54) is 24.3 Å². The van der Waals surface area contributed by atoms with E-state index in [-0.39, 0.29) is 17.0 Å². The van der Waals surface area contributed by atoms with Crippen molar-refractivity contribution in [2.75, 3.05) is 0 Å². The first-order valence-corrected chi connectivity index (χ1v) is 7.66. The summed E-state index contributed by atoms with van der Waals surface area (Å²) in [6, 6.07) is 5.04. The van der Waals surface area contributed by atoms with Crippen molar-refractivity contribution in [1.29, 1.82) is 0 Å². The topological polar surface area (TPSA) is 37.4 Å². The third-order valence-electron chi connectivity index (χ3n) is 3.50. The molecule has 18 heavy (non-hydrogen) atoms. The maximum absolute atomic E-state index is 12.9. The summed E-state index contributed by atoms with van der Waals surface area (Å²) in [6.45, 7) is 3.85. The van der Waals surface area contributed by atoms with Crippen LogP contribution in [0.15, 0.2) is 29.2 Å². The maximum atomic E-state index is 12.9. The monoisotopic (exact) mass is 271 g/mol. The Labute approximate surface area is 108 Å². The van der Waals surface area contributed by atoms with E-state index in [1.807, 2.05) is 13.8 Å². The van der Waals surface area contributed by atoms with Crippen molar-refractivity contribution in [3.63, 3.8) is 0 Å². The Morgan fingerprint density at radius 3 is 2.11 bits per heavy atom. The van der Waals surface area contributed by atoms with Crippen LogP contribution in [0.4, 0.5) is 4.39 Å². The lowest BCUT2D eigenvalue weighted by atomic mass is 10.0. The van der Waals surface area contributed by atoms with Crippen LogP contribution < -0.4 is 0 Å². The predicted octanol–water partition coefficient (Wildman–Crippen LogP) is 2.78. The summed E-state index contributed by atoms with van der Waals surface area (Å²) >= 11 is 0. The van der Waals surface area contributed by atoms with Gasteiger partial charge in [0.1, 0.15) is 5.82 Å². The average molecular weight is 271 g/mol. The molecule has 0 amide bonds. The molecular weight excluding hydrogens is 253 g/mol. The minimum absolute atomic E-state index is 0.00352. The van der Waals surface area contributed by atoms with Crippen LogP contribution in [0.3, 0.4) is 0 Å². The zero-order valence-electron chi connectivity index (χ0n) is 10.6. The van der Waals surface area contributed by atoms with Gasteiger partial charge < -0.3 is 0 Å². The number of sulfonamides is 1. The lowest BCUT2D eigenvalue weighted by Crippen LogP contribution is -2.47. The van der Waals surface area contributed by atoms with E-state index in [0.717, 1.165) is 19.3 Å². The normalized spacial score (nSPS) is 26.2. The van der Waals surface area contributed by atoms with Gasteiger partial charge in [-0.15, -0.1) is 0 Å². The van der Waals surface area contributed by atoms with Gasteiger partial charge in [-0.1, -0.05) is 6.42 Å². The van der Waals surface area contributed by atoms with Crippen LogP contribution in [0.2, 0.25) is 0 Å². The Hall–Kier alpha value is -0.940. The van der Waals surface area contributed by atoms with Gasteiger partial charge in [0.2, 0.25) is 10.0 Å². The van der Waals surface area contributed by atoms with E-state index in [1.54, 1.807) is 4.31 Å². The first-order valence-electron chi connectivity index (χ1n) is 6.22. The van der Waals surface area contributed by atoms with Gasteiger partial charge in [0.25, 0.3) is 0 Å². The van der Waals surface area contributed by atoms with Crippen molar-refractivity contribution < 1.29 is 12.8 Å². The van der Waals surface area contributed by atoms with Crippen molar-refractivity contribution in [3.8, 4) is 0 Å². The third kappa shape index (κ3) is 2.42. The lowest BCUT2D eigenvalue weighted by molar-refractivity contribution is 0.204. The highest BCUT2D eigenvalue weighted by Gasteiger charge is 2.35. The number of rotatable bonds is 2. The highest BCUT2D eigenvalue weighted by molar-refractivity contribution is 7.89. The summed E-state index contributed by atoms with van der Waals surface area (Å²) in [4.78, 5) is 0.171. The molecular formula is C13H18FNO2S. The SMILES string of the molecule is CC1CCCC(C)N1S(=O)(=O)c1ccc(F)cc1. The molecule has 0 bridgehead atoms. The van der Waals surface area contributed by atoms with Crippen LogP contribution in [0.1, 0.15) is 33.1 Å². The Morgan fingerprint density at radius 2 is 1.61 bits per heavy atom. The van der Waals surface area contributed by atoms with Gasteiger partial charge in [-0.3, -0.25) is 0 Å². The van der Waals surface area contributed by atoms with E-state index >= 15 is 0 Å². The lowest BCUT2D eigenvalue weighted by Gasteiger charge is -2.37. The molecule has 100 valence electrons. The van der Waals surface area contributed by atoms with Gasteiger partial charge in [0.15, 0.2) is 0 Å². The average Bonchev–Trinajstić information content (AvgIpc) is 2.29. The Kier molecular flexibility index (Phi) is 3.73. The number of piperidine rings is 1. The zero-order chi connectivity index (χ0) is 13.3. The molecule has 1 fully saturated rings. The molecule has 1 aromatic carbocycles. The van der Waals surface area contributed by atoms with Gasteiger partial charge in [0.05, 0.1) is 4.90 Å². The fraction of sp³-hybridized carbons (Fsp3) is 0.538. The fourth-order valence-electron chi connectivity index (χ4n) is 2.60. The second kappa shape index (κ2) is 4.97. The number of benzene rings is 1. The molecule has 1 heterocycles. The molecule has 3 nitrogen and oxygen atoms in total. The molecule has 0 aromatic heterocycles. The van der Waals surface area contributed by atoms with E-state index in [0.29, 0.717) is 0 Å². The van der Waals surface area contributed by atoms with Crippen LogP contribution in [-0.4, -0.2) is 24.8 Å². The molecule has 1 aliphatic heterocycles. The molecule has 0 spiro atoms. The molecule has 2 unspecified atom stereocenters. The number of halogens is 1. The van der Waals surface area contributed by atoms with Gasteiger partial charge >= 0.3 is 0 Å². The number of hydrogen-bond donors (Lipinski definition) is 0. The molecule has 1 saturated heterocycles. The van der Waals surface area contributed by atoms with Crippen LogP contribution in [0.5, 0.6) is 0 Å². The smallest absolute Gasteiger partial charge is 0.207 e. The summed E-state index contributed by atoms with van der Waals surface area (Å²) < 4.78 is 39.5. The van der Waals surface area contributed by atoms with Crippen molar-refractivity contribution in [2.45, 2.75) is 50.1 Å². The molecule has 1 aromatic rings. The molecule has 0 N–H and O–H groups in total. The third-order valence-corrected chi connectivity index (χ3v) is 5.64. The largest absolute Gasteiger partial charge is 0.243 e. The molecule has 0 aliphatic carbocycles. The first kappa shape index (κ1) is 13.5. The van der Waals surface area contributed by atoms with Crippen LogP contribution in [0.25, 0.3) is 0 Å². The Morgan fingerprint density at radius 1 is 1.11 bits per heavy atom. The van der Waals surface area contributed by atoms with E-state index in [9.17, 15) is 12.8 Å². The van der Waals surface area contributed by atoms with Crippen molar-refractivity contribution >= 4 is 10.0 Å². The molecule has 1 aliphatic rings. The zero-order valence-corrected chi connectivity index (χ0v) is 11.5. The van der Waals surface area contributed by atoms with E-state index in [2.05, 4.69) is 0 Å². The molecule has 5 heteroatoms. The highest BCUT2D eigenvalue weighted by Crippen LogP contribution is 2.29. The van der Waals surface area contributed by atoms with Crippen LogP contribution >= 0.6 is 0 Å². The summed E-state index contributed by atoms with van der Waals surface area (Å²) in [5, 5.41) is 0. The Bertz CT molecular complexity index is 502. The number of nitrogens with zero attached hydrogens (tertiary/aromatic N) is 1. The minimum atomic E-state index is -3.51. The summed E-state index contributed by atoms with van der Waals surface area (Å²) in [5.74, 6) is -0.423. The first-order chi connectivity index (χ1) is 8.43. The van der Waals surface area contributed by atoms with Gasteiger partial charge in [-0.05, 0) is 51.0 Å². The fourth-order valence-corrected chi connectivity index (χ4v) is 4.48. The van der Waals surface area contributed by atoms with E-state index < -0.39 is 15.8 Å². The van der Waals surface area contributed by atoms with Crippen LogP contribution in [-0.2, 0) is 10.0 Å². The van der Waals surface area contributed by atoms with Crippen molar-refractivity contribution in [3.05, 3.63) is 30.1 Å². The summed E-state index contributed by atoms with van der Waals surface area (Å²) in [6.07, 6.45) is 2.81. The Balaban J connectivity index is 2.38. The molecule has 0 saturated carbocycles. The quantitative estimate of drug-likeness (QED) is 0.829. The molecule has 2 rings (SSSR count). The van der Waals surface area contributed by atoms with Crippen molar-refractivity contribution in [1.82, 2.24) is 4.31 Å². The summed E-state index contributed by atoms with van der Waals surface area (Å²) in [5.41, 5.74) is 0. The van der Waals surface area contributed by atoms with Crippen LogP contribution in [0, 0.1) is 5.82 Å². The summed E-state index contributed by atoms with van der Waals surface area (Å²) in [7, 11) is -3.51. The van der Waals surface area contributed by atoms with E-state index in [4.69, 9.17) is 0 Å². The standard InChI is InChI=1S/C13H18FNO2S/c1-10-4-3-5-11(2)15(10)18(16,17)13-8-6-12(14)7-9-13/h6-11H,3-5H2,1-2H3.